The molecule has 0 saturated carbocycles. The number of furan rings is 1. The van der Waals surface area contributed by atoms with Gasteiger partial charge in [0.2, 0.25) is 5.91 Å². The number of carbonyl (C=O) groups excluding carboxylic acids is 3. The lowest BCUT2D eigenvalue weighted by atomic mass is 10.2. The summed E-state index contributed by atoms with van der Waals surface area (Å²) in [4.78, 5) is 37.6. The predicted octanol–water partition coefficient (Wildman–Crippen LogP) is 5.69. The van der Waals surface area contributed by atoms with Crippen LogP contribution in [-0.2, 0) is 9.59 Å². The molecule has 4 rings (SSSR count). The Morgan fingerprint density at radius 3 is 2.48 bits per heavy atom. The molecule has 0 unspecified atom stereocenters. The Kier molecular flexibility index (Phi) is 6.30. The number of rotatable bonds is 5. The minimum absolute atomic E-state index is 0.0174. The van der Waals surface area contributed by atoms with E-state index >= 15 is 0 Å². The van der Waals surface area contributed by atoms with Crippen LogP contribution in [0.15, 0.2) is 57.9 Å². The van der Waals surface area contributed by atoms with Gasteiger partial charge >= 0.3 is 0 Å². The van der Waals surface area contributed by atoms with E-state index in [1.165, 1.54) is 6.08 Å². The summed E-state index contributed by atoms with van der Waals surface area (Å²) in [6, 6.07) is 11.7. The molecular weight excluding hydrogens is 481 g/mol. The van der Waals surface area contributed by atoms with Gasteiger partial charge in [0.25, 0.3) is 11.1 Å². The van der Waals surface area contributed by atoms with Gasteiger partial charge in [-0.05, 0) is 60.3 Å². The van der Waals surface area contributed by atoms with Crippen LogP contribution in [0.1, 0.15) is 5.76 Å². The van der Waals surface area contributed by atoms with Gasteiger partial charge in [-0.25, -0.2) is 13.2 Å². The van der Waals surface area contributed by atoms with Crippen LogP contribution in [0.3, 0.4) is 0 Å². The van der Waals surface area contributed by atoms with Crippen LogP contribution < -0.4 is 5.32 Å². The number of halogens is 4. The van der Waals surface area contributed by atoms with Crippen molar-refractivity contribution in [3.8, 4) is 11.3 Å². The maximum atomic E-state index is 13.7. The van der Waals surface area contributed by atoms with Crippen LogP contribution >= 0.6 is 23.4 Å². The summed E-state index contributed by atoms with van der Waals surface area (Å²) in [6.45, 7) is -0.741. The third kappa shape index (κ3) is 4.81. The second-order valence-corrected chi connectivity index (χ2v) is 8.18. The van der Waals surface area contributed by atoms with Crippen LogP contribution in [0.2, 0.25) is 5.02 Å². The van der Waals surface area contributed by atoms with Crippen molar-refractivity contribution in [1.82, 2.24) is 4.90 Å². The first-order chi connectivity index (χ1) is 15.7. The molecule has 0 radical (unpaired) electrons. The van der Waals surface area contributed by atoms with E-state index in [1.54, 1.807) is 36.4 Å². The van der Waals surface area contributed by atoms with E-state index < -0.39 is 46.7 Å². The molecule has 0 spiro atoms. The maximum absolute atomic E-state index is 13.7. The zero-order chi connectivity index (χ0) is 23.7. The van der Waals surface area contributed by atoms with Gasteiger partial charge in [0.05, 0.1) is 10.6 Å². The van der Waals surface area contributed by atoms with Gasteiger partial charge in [-0.1, -0.05) is 11.6 Å². The maximum Gasteiger partial charge on any atom is 0.294 e. The van der Waals surface area contributed by atoms with E-state index in [0.717, 1.165) is 11.6 Å². The van der Waals surface area contributed by atoms with Gasteiger partial charge in [-0.3, -0.25) is 19.3 Å². The molecule has 0 bridgehead atoms. The summed E-state index contributed by atoms with van der Waals surface area (Å²) >= 11 is 6.46. The topological polar surface area (TPSA) is 79.6 Å². The van der Waals surface area contributed by atoms with E-state index in [2.05, 4.69) is 0 Å². The van der Waals surface area contributed by atoms with E-state index in [0.29, 0.717) is 39.3 Å². The van der Waals surface area contributed by atoms with Gasteiger partial charge in [0, 0.05) is 16.7 Å². The molecule has 0 aliphatic carbocycles. The Balaban J connectivity index is 1.45. The van der Waals surface area contributed by atoms with Gasteiger partial charge in [-0.2, -0.15) is 0 Å². The molecule has 1 N–H and O–H groups in total. The number of nitrogens with zero attached hydrogens (tertiary/aromatic N) is 1. The van der Waals surface area contributed by atoms with E-state index in [-0.39, 0.29) is 4.91 Å². The number of nitrogens with one attached hydrogen (secondary N) is 1. The van der Waals surface area contributed by atoms with Crippen LogP contribution in [0, 0.1) is 17.5 Å². The molecule has 6 nitrogen and oxygen atoms in total. The van der Waals surface area contributed by atoms with Crippen molar-refractivity contribution in [3.05, 3.63) is 81.7 Å². The zero-order valence-corrected chi connectivity index (χ0v) is 18.0. The molecule has 1 fully saturated rings. The molecular formula is C22H12ClF3N2O4S. The van der Waals surface area contributed by atoms with Crippen LogP contribution in [-0.4, -0.2) is 28.5 Å². The van der Waals surface area contributed by atoms with Crippen LogP contribution in [0.25, 0.3) is 17.4 Å². The normalized spacial score (nSPS) is 14.9. The number of imide groups is 1. The summed E-state index contributed by atoms with van der Waals surface area (Å²) in [7, 11) is 0. The van der Waals surface area contributed by atoms with Crippen molar-refractivity contribution < 1.29 is 32.0 Å². The summed E-state index contributed by atoms with van der Waals surface area (Å²) in [6.07, 6.45) is 1.36. The molecule has 0 atom stereocenters. The minimum atomic E-state index is -1.75. The second kappa shape index (κ2) is 9.16. The van der Waals surface area contributed by atoms with Crippen molar-refractivity contribution in [2.75, 3.05) is 11.9 Å². The summed E-state index contributed by atoms with van der Waals surface area (Å²) in [5, 5.41) is 1.85. The van der Waals surface area contributed by atoms with Crippen LogP contribution in [0.4, 0.5) is 23.7 Å². The molecule has 1 saturated heterocycles. The highest BCUT2D eigenvalue weighted by Crippen LogP contribution is 2.33. The fraction of sp³-hybridized carbons (Fsp3) is 0.0455. The van der Waals surface area contributed by atoms with Crippen molar-refractivity contribution in [2.24, 2.45) is 0 Å². The van der Waals surface area contributed by atoms with E-state index in [4.69, 9.17) is 16.0 Å². The number of hydrogen-bond donors (Lipinski definition) is 1. The summed E-state index contributed by atoms with van der Waals surface area (Å²) in [5.74, 6) is -5.66. The smallest absolute Gasteiger partial charge is 0.294 e. The SMILES string of the molecule is O=C(CN1C(=O)S/C(=C/c2ccc(-c3ccc(Cl)cc3)o2)C1=O)Nc1ccc(F)c(F)c1F. The number of benzene rings is 2. The van der Waals surface area contributed by atoms with Crippen molar-refractivity contribution in [1.29, 1.82) is 0 Å². The van der Waals surface area contributed by atoms with E-state index in [1.807, 2.05) is 5.32 Å². The van der Waals surface area contributed by atoms with Gasteiger partial charge < -0.3 is 9.73 Å². The monoisotopic (exact) mass is 492 g/mol. The zero-order valence-electron chi connectivity index (χ0n) is 16.4. The number of hydrogen-bond acceptors (Lipinski definition) is 5. The fourth-order valence-electron chi connectivity index (χ4n) is 2.92. The van der Waals surface area contributed by atoms with Gasteiger partial charge in [0.15, 0.2) is 17.5 Å². The third-order valence-corrected chi connectivity index (χ3v) is 5.67. The number of carbonyl (C=O) groups is 3. The van der Waals surface area contributed by atoms with E-state index in [9.17, 15) is 27.6 Å². The first-order valence-corrected chi connectivity index (χ1v) is 10.5. The Morgan fingerprint density at radius 1 is 1.03 bits per heavy atom. The quantitative estimate of drug-likeness (QED) is 0.365. The first-order valence-electron chi connectivity index (χ1n) is 9.27. The number of amides is 3. The number of anilines is 1. The molecule has 11 heteroatoms. The van der Waals surface area contributed by atoms with Crippen molar-refractivity contribution >= 4 is 52.2 Å². The Morgan fingerprint density at radius 2 is 1.76 bits per heavy atom. The summed E-state index contributed by atoms with van der Waals surface area (Å²) < 4.78 is 45.7. The standard InChI is InChI=1S/C22H12ClF3N2O4S/c23-12-3-1-11(2-4-12)16-8-5-13(32-16)9-17-21(30)28(22(31)33-17)10-18(29)27-15-7-6-14(24)19(25)20(15)26/h1-9H,10H2,(H,27,29)/b17-9+. The number of thioether (sulfide) groups is 1. The fourth-order valence-corrected chi connectivity index (χ4v) is 3.87. The predicted molar refractivity (Wildman–Crippen MR) is 117 cm³/mol. The van der Waals surface area contributed by atoms with Crippen molar-refractivity contribution in [2.45, 2.75) is 0 Å². The molecule has 3 amide bonds. The Bertz CT molecular complexity index is 1310. The minimum Gasteiger partial charge on any atom is -0.457 e. The van der Waals surface area contributed by atoms with Gasteiger partial charge in [0.1, 0.15) is 18.1 Å². The molecule has 33 heavy (non-hydrogen) atoms. The Hall–Kier alpha value is -3.50. The first kappa shape index (κ1) is 22.7. The lowest BCUT2D eigenvalue weighted by molar-refractivity contribution is -0.127. The Labute approximate surface area is 194 Å². The molecule has 2 heterocycles. The van der Waals surface area contributed by atoms with Crippen molar-refractivity contribution in [3.63, 3.8) is 0 Å². The summed E-state index contributed by atoms with van der Waals surface area (Å²) in [5.41, 5.74) is 0.139. The average molecular weight is 493 g/mol. The largest absolute Gasteiger partial charge is 0.457 e. The molecule has 2 aromatic carbocycles. The van der Waals surface area contributed by atoms with Gasteiger partial charge in [-0.15, -0.1) is 0 Å². The third-order valence-electron chi connectivity index (χ3n) is 4.51. The molecule has 1 aromatic heterocycles. The molecule has 168 valence electrons. The molecule has 1 aliphatic rings. The molecule has 1 aliphatic heterocycles. The van der Waals surface area contributed by atoms with Crippen LogP contribution in [0.5, 0.6) is 0 Å². The molecule has 3 aromatic rings. The second-order valence-electron chi connectivity index (χ2n) is 6.75. The highest BCUT2D eigenvalue weighted by atomic mass is 35.5. The lowest BCUT2D eigenvalue weighted by Crippen LogP contribution is -2.36. The average Bonchev–Trinajstić information content (AvgIpc) is 3.35. The highest BCUT2D eigenvalue weighted by molar-refractivity contribution is 8.18. The highest BCUT2D eigenvalue weighted by Gasteiger charge is 2.36. The lowest BCUT2D eigenvalue weighted by Gasteiger charge is -2.13.